The number of ether oxygens (including phenoxy) is 1. The van der Waals surface area contributed by atoms with Crippen molar-refractivity contribution < 1.29 is 4.74 Å². The van der Waals surface area contributed by atoms with E-state index in [2.05, 4.69) is 32.3 Å². The molecule has 27 heavy (non-hydrogen) atoms. The summed E-state index contributed by atoms with van der Waals surface area (Å²) in [6.07, 6.45) is 12.0. The third-order valence-electron chi connectivity index (χ3n) is 6.45. The zero-order valence-electron chi connectivity index (χ0n) is 15.8. The van der Waals surface area contributed by atoms with Gasteiger partial charge in [0.25, 0.3) is 0 Å². The lowest BCUT2D eigenvalue weighted by atomic mass is 9.91. The first-order valence-corrected chi connectivity index (χ1v) is 10.4. The maximum absolute atomic E-state index is 6.08. The van der Waals surface area contributed by atoms with Gasteiger partial charge in [-0.1, -0.05) is 0 Å². The summed E-state index contributed by atoms with van der Waals surface area (Å²) in [7, 11) is 0. The number of hydrogen-bond donors (Lipinski definition) is 2. The summed E-state index contributed by atoms with van der Waals surface area (Å²) < 4.78 is 6.01. The molecule has 3 saturated heterocycles. The molecule has 2 bridgehead atoms. The molecule has 4 fully saturated rings. The average molecular weight is 367 g/mol. The van der Waals surface area contributed by atoms with E-state index in [-0.39, 0.29) is 0 Å². The van der Waals surface area contributed by atoms with Crippen LogP contribution < -0.4 is 16.0 Å². The summed E-state index contributed by atoms with van der Waals surface area (Å²) in [5.41, 5.74) is 10.4. The van der Waals surface area contributed by atoms with E-state index in [0.29, 0.717) is 24.2 Å². The van der Waals surface area contributed by atoms with Crippen LogP contribution in [0.2, 0.25) is 0 Å². The van der Waals surface area contributed by atoms with Crippen LogP contribution in [0.1, 0.15) is 44.9 Å². The molecule has 3 aliphatic heterocycles. The van der Waals surface area contributed by atoms with Gasteiger partial charge in [-0.25, -0.2) is 0 Å². The third-order valence-corrected chi connectivity index (χ3v) is 6.45. The lowest BCUT2D eigenvalue weighted by molar-refractivity contribution is 0.0308. The molecule has 1 aliphatic carbocycles. The highest BCUT2D eigenvalue weighted by molar-refractivity contribution is 5.91. The van der Waals surface area contributed by atoms with E-state index >= 15 is 0 Å². The van der Waals surface area contributed by atoms with Crippen LogP contribution in [0.25, 0.3) is 11.0 Å². The topological polar surface area (TPSA) is 76.3 Å². The Hall–Kier alpha value is -1.92. The maximum Gasteiger partial charge on any atom is 0.112 e. The van der Waals surface area contributed by atoms with E-state index in [0.717, 1.165) is 55.6 Å². The molecule has 4 aliphatic rings. The summed E-state index contributed by atoms with van der Waals surface area (Å²) in [4.78, 5) is 11.8. The number of morpholine rings is 1. The summed E-state index contributed by atoms with van der Waals surface area (Å²) in [5.74, 6) is 0. The SMILES string of the molecule is N[C@H]1CC[C@@H](Nc2cc(N3C[C@H]4CCCC3CO4)cc3nccnc23)CC1. The number of nitrogens with one attached hydrogen (secondary N) is 1. The summed E-state index contributed by atoms with van der Waals surface area (Å²) in [6.45, 7) is 1.82. The van der Waals surface area contributed by atoms with Gasteiger partial charge in [0.2, 0.25) is 0 Å². The van der Waals surface area contributed by atoms with E-state index < -0.39 is 0 Å². The van der Waals surface area contributed by atoms with E-state index in [1.807, 2.05) is 0 Å². The highest BCUT2D eigenvalue weighted by Crippen LogP contribution is 2.35. The predicted molar refractivity (Wildman–Crippen MR) is 108 cm³/mol. The van der Waals surface area contributed by atoms with Crippen LogP contribution >= 0.6 is 0 Å². The van der Waals surface area contributed by atoms with Gasteiger partial charge in [0, 0.05) is 36.7 Å². The summed E-state index contributed by atoms with van der Waals surface area (Å²) in [6, 6.07) is 5.78. The fourth-order valence-electron chi connectivity index (χ4n) is 4.89. The first kappa shape index (κ1) is 17.2. The number of aromatic nitrogens is 2. The van der Waals surface area contributed by atoms with Gasteiger partial charge < -0.3 is 20.7 Å². The second kappa shape index (κ2) is 7.24. The zero-order chi connectivity index (χ0) is 18.2. The van der Waals surface area contributed by atoms with Crippen molar-refractivity contribution in [2.24, 2.45) is 5.73 Å². The Morgan fingerprint density at radius 3 is 2.78 bits per heavy atom. The molecule has 3 N–H and O–H groups in total. The Morgan fingerprint density at radius 1 is 1.04 bits per heavy atom. The van der Waals surface area contributed by atoms with E-state index in [9.17, 15) is 0 Å². The van der Waals surface area contributed by atoms with Crippen molar-refractivity contribution in [1.82, 2.24) is 9.97 Å². The molecule has 1 unspecified atom stereocenters. The van der Waals surface area contributed by atoms with Gasteiger partial charge in [-0.2, -0.15) is 0 Å². The van der Waals surface area contributed by atoms with Crippen molar-refractivity contribution >= 4 is 22.4 Å². The summed E-state index contributed by atoms with van der Waals surface area (Å²) >= 11 is 0. The molecule has 1 aromatic carbocycles. The normalized spacial score (nSPS) is 31.1. The predicted octanol–water partition coefficient (Wildman–Crippen LogP) is 3.07. The number of benzene rings is 1. The van der Waals surface area contributed by atoms with Crippen LogP contribution in [0, 0.1) is 0 Å². The lowest BCUT2D eigenvalue weighted by Gasteiger charge is -2.39. The lowest BCUT2D eigenvalue weighted by Crippen LogP contribution is -2.47. The van der Waals surface area contributed by atoms with Crippen molar-refractivity contribution in [3.63, 3.8) is 0 Å². The molecule has 144 valence electrons. The molecule has 6 nitrogen and oxygen atoms in total. The maximum atomic E-state index is 6.08. The van der Waals surface area contributed by atoms with Gasteiger partial charge >= 0.3 is 0 Å². The molecular weight excluding hydrogens is 338 g/mol. The number of nitrogens with zero attached hydrogens (tertiary/aromatic N) is 3. The van der Waals surface area contributed by atoms with Crippen molar-refractivity contribution in [1.29, 1.82) is 0 Å². The number of hydrogen-bond acceptors (Lipinski definition) is 6. The minimum absolute atomic E-state index is 0.359. The van der Waals surface area contributed by atoms with E-state index in [1.54, 1.807) is 12.4 Å². The average Bonchev–Trinajstić information content (AvgIpc) is 3.05. The Morgan fingerprint density at radius 2 is 1.89 bits per heavy atom. The number of fused-ring (bicyclic) bond motifs is 5. The molecule has 0 spiro atoms. The fourth-order valence-corrected chi connectivity index (χ4v) is 4.89. The highest BCUT2D eigenvalue weighted by Gasteiger charge is 2.32. The van der Waals surface area contributed by atoms with Crippen LogP contribution in [0.15, 0.2) is 24.5 Å². The quantitative estimate of drug-likeness (QED) is 0.868. The van der Waals surface area contributed by atoms with Gasteiger partial charge in [0.15, 0.2) is 0 Å². The van der Waals surface area contributed by atoms with E-state index in [1.165, 1.54) is 24.9 Å². The van der Waals surface area contributed by atoms with E-state index in [4.69, 9.17) is 10.5 Å². The Kier molecular flexibility index (Phi) is 4.61. The zero-order valence-corrected chi connectivity index (χ0v) is 15.8. The van der Waals surface area contributed by atoms with Crippen LogP contribution in [0.3, 0.4) is 0 Å². The Balaban J connectivity index is 1.48. The Labute approximate surface area is 160 Å². The van der Waals surface area contributed by atoms with Crippen LogP contribution in [0.5, 0.6) is 0 Å². The van der Waals surface area contributed by atoms with Crippen molar-refractivity contribution in [3.8, 4) is 0 Å². The molecule has 6 heteroatoms. The monoisotopic (exact) mass is 367 g/mol. The highest BCUT2D eigenvalue weighted by atomic mass is 16.5. The Bertz CT molecular complexity index is 800. The fraction of sp³-hybridized carbons (Fsp3) is 0.619. The minimum atomic E-state index is 0.359. The number of anilines is 2. The van der Waals surface area contributed by atoms with Gasteiger partial charge in [0.1, 0.15) is 5.52 Å². The smallest absolute Gasteiger partial charge is 0.112 e. The van der Waals surface area contributed by atoms with Crippen molar-refractivity contribution in [2.45, 2.75) is 69.2 Å². The molecule has 0 amide bonds. The standard InChI is InChI=1S/C21H29N5O/c22-14-4-6-15(7-5-14)25-20-11-17(10-19-21(20)24-9-8-23-19)26-12-18-3-1-2-16(26)13-27-18/h8-11,14-16,18,25H,1-7,12-13,22H2/t14-,15+,16?,18-/m1/s1. The third kappa shape index (κ3) is 3.48. The first-order chi connectivity index (χ1) is 13.3. The number of nitrogens with two attached hydrogens (primary N) is 1. The van der Waals surface area contributed by atoms with Crippen molar-refractivity contribution in [3.05, 3.63) is 24.5 Å². The van der Waals surface area contributed by atoms with Crippen LogP contribution in [-0.4, -0.2) is 47.3 Å². The molecule has 4 heterocycles. The second-order valence-corrected chi connectivity index (χ2v) is 8.37. The first-order valence-electron chi connectivity index (χ1n) is 10.4. The summed E-state index contributed by atoms with van der Waals surface area (Å²) in [5, 5.41) is 3.77. The van der Waals surface area contributed by atoms with Gasteiger partial charge in [-0.05, 0) is 57.1 Å². The molecule has 1 saturated carbocycles. The van der Waals surface area contributed by atoms with Crippen LogP contribution in [0.4, 0.5) is 11.4 Å². The number of rotatable bonds is 3. The molecule has 2 aromatic rings. The van der Waals surface area contributed by atoms with Crippen LogP contribution in [-0.2, 0) is 4.74 Å². The molecule has 2 atom stereocenters. The van der Waals surface area contributed by atoms with Gasteiger partial charge in [0.05, 0.1) is 30.0 Å². The molecule has 6 rings (SSSR count). The second-order valence-electron chi connectivity index (χ2n) is 8.37. The molecule has 0 radical (unpaired) electrons. The van der Waals surface area contributed by atoms with Gasteiger partial charge in [-0.15, -0.1) is 0 Å². The minimum Gasteiger partial charge on any atom is -0.380 e. The molecule has 1 aromatic heterocycles. The molecular formula is C21H29N5O. The van der Waals surface area contributed by atoms with Crippen molar-refractivity contribution in [2.75, 3.05) is 23.4 Å². The largest absolute Gasteiger partial charge is 0.380 e. The van der Waals surface area contributed by atoms with Gasteiger partial charge in [-0.3, -0.25) is 9.97 Å².